The number of aliphatic hydroxyl groups is 1. The fraction of sp³-hybridized carbons (Fsp3) is 0.833. The number of hydrogen-bond donors (Lipinski definition) is 2. The Bertz CT molecular complexity index is 1250. The standard InChI is InChI=1S/C54H99O11P/c1-4-7-10-13-16-19-21-23-24-25-26-28-30-33-36-39-42-45-54(58)65-51(47-61-52(56)43-40-37-34-32-29-27-22-20-17-14-11-8-5-2)49-63-66(59,60)62-48-50(46-55)64-53(57)44-41-38-35-31-18-15-12-9-6-3/h8,11,17,20,27,29,50-51,55H,4-7,9-10,12-16,18-19,21-26,28,30-49H2,1-3H3,(H,59,60)/b11-8-,20-17-,29-27-. The van der Waals surface area contributed by atoms with E-state index in [4.69, 9.17) is 23.3 Å². The van der Waals surface area contributed by atoms with Crippen molar-refractivity contribution >= 4 is 25.7 Å². The van der Waals surface area contributed by atoms with Crippen molar-refractivity contribution in [3.05, 3.63) is 36.5 Å². The molecule has 0 bridgehead atoms. The van der Waals surface area contributed by atoms with Gasteiger partial charge in [-0.15, -0.1) is 0 Å². The lowest BCUT2D eigenvalue weighted by Gasteiger charge is -2.21. The summed E-state index contributed by atoms with van der Waals surface area (Å²) in [4.78, 5) is 48.3. The number of allylic oxidation sites excluding steroid dienone is 6. The second-order valence-electron chi connectivity index (χ2n) is 18.0. The maximum atomic E-state index is 12.9. The van der Waals surface area contributed by atoms with Gasteiger partial charge in [0.15, 0.2) is 6.10 Å². The molecule has 2 N–H and O–H groups in total. The third-order valence-corrected chi connectivity index (χ3v) is 12.5. The highest BCUT2D eigenvalue weighted by Crippen LogP contribution is 2.43. The second kappa shape index (κ2) is 49.1. The van der Waals surface area contributed by atoms with Gasteiger partial charge in [0.25, 0.3) is 0 Å². The van der Waals surface area contributed by atoms with Crippen LogP contribution < -0.4 is 0 Å². The molecule has 0 radical (unpaired) electrons. The van der Waals surface area contributed by atoms with Gasteiger partial charge in [-0.3, -0.25) is 23.4 Å². The normalized spacial score (nSPS) is 13.7. The predicted molar refractivity (Wildman–Crippen MR) is 270 cm³/mol. The molecule has 0 aromatic heterocycles. The first-order chi connectivity index (χ1) is 32.2. The molecule has 0 rings (SSSR count). The van der Waals surface area contributed by atoms with Crippen LogP contribution in [0.15, 0.2) is 36.5 Å². The third-order valence-electron chi connectivity index (χ3n) is 11.6. The summed E-state index contributed by atoms with van der Waals surface area (Å²) >= 11 is 0. The van der Waals surface area contributed by atoms with Crippen molar-refractivity contribution in [2.24, 2.45) is 0 Å². The number of phosphoric acid groups is 1. The fourth-order valence-corrected chi connectivity index (χ4v) is 8.27. The highest BCUT2D eigenvalue weighted by atomic mass is 31.2. The molecule has 0 spiro atoms. The molecule has 0 fully saturated rings. The molecule has 12 heteroatoms. The van der Waals surface area contributed by atoms with Crippen molar-refractivity contribution in [3.8, 4) is 0 Å². The number of hydrogen-bond acceptors (Lipinski definition) is 10. The topological polar surface area (TPSA) is 155 Å². The van der Waals surface area contributed by atoms with Crippen molar-refractivity contribution in [2.45, 2.75) is 264 Å². The predicted octanol–water partition coefficient (Wildman–Crippen LogP) is 15.3. The Balaban J connectivity index is 4.73. The maximum Gasteiger partial charge on any atom is 0.472 e. The molecule has 0 saturated carbocycles. The maximum absolute atomic E-state index is 12.9. The fourth-order valence-electron chi connectivity index (χ4n) is 7.49. The van der Waals surface area contributed by atoms with Crippen molar-refractivity contribution in [1.82, 2.24) is 0 Å². The lowest BCUT2D eigenvalue weighted by Crippen LogP contribution is -2.30. The van der Waals surface area contributed by atoms with Gasteiger partial charge in [0, 0.05) is 19.3 Å². The van der Waals surface area contributed by atoms with Gasteiger partial charge in [-0.1, -0.05) is 218 Å². The quantitative estimate of drug-likeness (QED) is 0.0197. The van der Waals surface area contributed by atoms with E-state index in [9.17, 15) is 28.9 Å². The Labute approximate surface area is 403 Å². The van der Waals surface area contributed by atoms with E-state index in [-0.39, 0.29) is 25.9 Å². The Kier molecular flexibility index (Phi) is 47.4. The Morgan fingerprint density at radius 2 is 0.788 bits per heavy atom. The second-order valence-corrected chi connectivity index (χ2v) is 19.5. The zero-order chi connectivity index (χ0) is 48.4. The number of rotatable bonds is 50. The summed E-state index contributed by atoms with van der Waals surface area (Å²) in [5.41, 5.74) is 0. The lowest BCUT2D eigenvalue weighted by atomic mass is 10.0. The largest absolute Gasteiger partial charge is 0.472 e. The van der Waals surface area contributed by atoms with E-state index in [0.29, 0.717) is 19.3 Å². The van der Waals surface area contributed by atoms with Crippen LogP contribution in [0.3, 0.4) is 0 Å². The molecular weight excluding hydrogens is 856 g/mol. The van der Waals surface area contributed by atoms with Gasteiger partial charge in [-0.05, 0) is 51.4 Å². The average molecular weight is 955 g/mol. The van der Waals surface area contributed by atoms with Gasteiger partial charge in [-0.25, -0.2) is 4.57 Å². The van der Waals surface area contributed by atoms with Crippen LogP contribution in [0.2, 0.25) is 0 Å². The summed E-state index contributed by atoms with van der Waals surface area (Å²) in [5, 5.41) is 9.75. The Morgan fingerprint density at radius 3 is 1.21 bits per heavy atom. The molecule has 0 heterocycles. The number of carbonyl (C=O) groups is 3. The van der Waals surface area contributed by atoms with Gasteiger partial charge >= 0.3 is 25.7 Å². The minimum absolute atomic E-state index is 0.167. The summed E-state index contributed by atoms with van der Waals surface area (Å²) in [6, 6.07) is 0. The van der Waals surface area contributed by atoms with Gasteiger partial charge in [0.05, 0.1) is 19.8 Å². The van der Waals surface area contributed by atoms with Crippen LogP contribution in [0.4, 0.5) is 0 Å². The lowest BCUT2D eigenvalue weighted by molar-refractivity contribution is -0.161. The van der Waals surface area contributed by atoms with Crippen molar-refractivity contribution in [1.29, 1.82) is 0 Å². The summed E-state index contributed by atoms with van der Waals surface area (Å²) < 4.78 is 39.3. The number of aliphatic hydroxyl groups excluding tert-OH is 1. The van der Waals surface area contributed by atoms with Gasteiger partial charge in [0.2, 0.25) is 0 Å². The number of carbonyl (C=O) groups excluding carboxylic acids is 3. The number of phosphoric ester groups is 1. The van der Waals surface area contributed by atoms with Crippen LogP contribution in [0.25, 0.3) is 0 Å². The molecular formula is C54H99O11P. The van der Waals surface area contributed by atoms with Crippen LogP contribution in [0.1, 0.15) is 252 Å². The molecule has 3 unspecified atom stereocenters. The minimum atomic E-state index is -4.74. The smallest absolute Gasteiger partial charge is 0.462 e. The van der Waals surface area contributed by atoms with Gasteiger partial charge < -0.3 is 24.2 Å². The molecule has 0 aliphatic carbocycles. The van der Waals surface area contributed by atoms with E-state index in [2.05, 4.69) is 57.2 Å². The average Bonchev–Trinajstić information content (AvgIpc) is 3.30. The van der Waals surface area contributed by atoms with Crippen LogP contribution in [-0.4, -0.2) is 66.5 Å². The zero-order valence-electron chi connectivity index (χ0n) is 42.4. The highest BCUT2D eigenvalue weighted by molar-refractivity contribution is 7.47. The van der Waals surface area contributed by atoms with Gasteiger partial charge in [-0.2, -0.15) is 0 Å². The molecule has 11 nitrogen and oxygen atoms in total. The van der Waals surface area contributed by atoms with E-state index in [1.165, 1.54) is 116 Å². The highest BCUT2D eigenvalue weighted by Gasteiger charge is 2.28. The van der Waals surface area contributed by atoms with E-state index < -0.39 is 57.8 Å². The minimum Gasteiger partial charge on any atom is -0.462 e. The third kappa shape index (κ3) is 46.8. The Morgan fingerprint density at radius 1 is 0.439 bits per heavy atom. The van der Waals surface area contributed by atoms with Crippen LogP contribution in [-0.2, 0) is 42.2 Å². The van der Waals surface area contributed by atoms with Crippen molar-refractivity contribution in [2.75, 3.05) is 26.4 Å². The van der Waals surface area contributed by atoms with E-state index >= 15 is 0 Å². The van der Waals surface area contributed by atoms with Crippen LogP contribution in [0.5, 0.6) is 0 Å². The molecule has 0 amide bonds. The van der Waals surface area contributed by atoms with Crippen LogP contribution in [0, 0.1) is 0 Å². The first-order valence-corrected chi connectivity index (χ1v) is 28.4. The SMILES string of the molecule is CC/C=C\C/C=C\C/C=C\CCCCCC(=O)OCC(COP(=O)(O)OCC(CO)OC(=O)CCCCCCCCCCC)OC(=O)CCCCCCCCCCCCCCCCCCC. The number of esters is 3. The molecule has 0 aliphatic heterocycles. The van der Waals surface area contributed by atoms with Gasteiger partial charge in [0.1, 0.15) is 12.7 Å². The summed E-state index contributed by atoms with van der Waals surface area (Å²) in [7, 11) is -4.74. The van der Waals surface area contributed by atoms with Crippen molar-refractivity contribution < 1.29 is 52.2 Å². The van der Waals surface area contributed by atoms with Crippen LogP contribution >= 0.6 is 7.82 Å². The van der Waals surface area contributed by atoms with Crippen molar-refractivity contribution in [3.63, 3.8) is 0 Å². The van der Waals surface area contributed by atoms with E-state index in [0.717, 1.165) is 77.0 Å². The molecule has 0 aliphatic rings. The molecule has 0 aromatic carbocycles. The zero-order valence-corrected chi connectivity index (χ0v) is 43.3. The number of unbranched alkanes of at least 4 members (excludes halogenated alkanes) is 27. The molecule has 0 aromatic rings. The Hall–Kier alpha value is -2.30. The molecule has 3 atom stereocenters. The van der Waals surface area contributed by atoms with E-state index in [1.54, 1.807) is 0 Å². The molecule has 0 saturated heterocycles. The molecule has 386 valence electrons. The first-order valence-electron chi connectivity index (χ1n) is 26.9. The summed E-state index contributed by atoms with van der Waals surface area (Å²) in [6.07, 6.45) is 48.4. The number of ether oxygens (including phenoxy) is 3. The monoisotopic (exact) mass is 955 g/mol. The summed E-state index contributed by atoms with van der Waals surface area (Å²) in [6.45, 7) is 4.49. The van der Waals surface area contributed by atoms with E-state index in [1.807, 2.05) is 0 Å². The summed E-state index contributed by atoms with van der Waals surface area (Å²) in [5.74, 6) is -1.49. The first kappa shape index (κ1) is 63.7. The molecule has 66 heavy (non-hydrogen) atoms.